The van der Waals surface area contributed by atoms with Crippen LogP contribution in [0, 0.1) is 6.92 Å². The highest BCUT2D eigenvalue weighted by atomic mass is 35.5. The fourth-order valence-corrected chi connectivity index (χ4v) is 2.50. The molecule has 0 aliphatic carbocycles. The Bertz CT molecular complexity index is 614. The second kappa shape index (κ2) is 11.8. The molecule has 0 saturated carbocycles. The van der Waals surface area contributed by atoms with Gasteiger partial charge in [0.1, 0.15) is 6.61 Å². The molecule has 0 atom stereocenters. The van der Waals surface area contributed by atoms with E-state index in [1.807, 2.05) is 19.1 Å². The van der Waals surface area contributed by atoms with Gasteiger partial charge in [0, 0.05) is 12.1 Å². The summed E-state index contributed by atoms with van der Waals surface area (Å²) in [5.41, 5.74) is 3.57. The number of para-hydroxylation sites is 1. The van der Waals surface area contributed by atoms with E-state index in [0.717, 1.165) is 35.7 Å². The van der Waals surface area contributed by atoms with Crippen LogP contribution in [-0.2, 0) is 13.2 Å². The number of hydrogen-bond acceptors (Lipinski definition) is 3. The van der Waals surface area contributed by atoms with Crippen molar-refractivity contribution in [3.05, 3.63) is 59.2 Å². The first-order valence-corrected chi connectivity index (χ1v) is 8.88. The van der Waals surface area contributed by atoms with E-state index in [9.17, 15) is 0 Å². The highest BCUT2D eigenvalue weighted by Crippen LogP contribution is 2.32. The SMILES string of the molecule is CCCCNCc1cccc(OCC)c1OCc1ccc(C)cc1.Cl. The van der Waals surface area contributed by atoms with Crippen molar-refractivity contribution in [2.75, 3.05) is 13.2 Å². The maximum Gasteiger partial charge on any atom is 0.166 e. The van der Waals surface area contributed by atoms with Gasteiger partial charge in [-0.25, -0.2) is 0 Å². The molecule has 4 heteroatoms. The normalized spacial score (nSPS) is 10.2. The Labute approximate surface area is 158 Å². The molecule has 0 aromatic heterocycles. The summed E-state index contributed by atoms with van der Waals surface area (Å²) in [5, 5.41) is 3.48. The third-order valence-electron chi connectivity index (χ3n) is 3.89. The third-order valence-corrected chi connectivity index (χ3v) is 3.89. The fourth-order valence-electron chi connectivity index (χ4n) is 2.50. The van der Waals surface area contributed by atoms with E-state index in [4.69, 9.17) is 9.47 Å². The number of nitrogens with one attached hydrogen (secondary N) is 1. The molecule has 2 aromatic carbocycles. The third kappa shape index (κ3) is 6.97. The lowest BCUT2D eigenvalue weighted by molar-refractivity contribution is 0.266. The van der Waals surface area contributed by atoms with Crippen LogP contribution in [0.3, 0.4) is 0 Å². The van der Waals surface area contributed by atoms with E-state index < -0.39 is 0 Å². The highest BCUT2D eigenvalue weighted by Gasteiger charge is 2.11. The van der Waals surface area contributed by atoms with Crippen LogP contribution < -0.4 is 14.8 Å². The Kier molecular flexibility index (Phi) is 10.0. The summed E-state index contributed by atoms with van der Waals surface area (Å²) in [6.45, 7) is 9.29. The Morgan fingerprint density at radius 3 is 2.40 bits per heavy atom. The number of aryl methyl sites for hydroxylation is 1. The standard InChI is InChI=1S/C21H29NO2.ClH/c1-4-6-14-22-15-19-8-7-9-20(23-5-2)21(19)24-16-18-12-10-17(3)11-13-18;/h7-13,22H,4-6,14-16H2,1-3H3;1H. The average Bonchev–Trinajstić information content (AvgIpc) is 2.60. The van der Waals surface area contributed by atoms with Crippen molar-refractivity contribution in [1.82, 2.24) is 5.32 Å². The van der Waals surface area contributed by atoms with E-state index in [2.05, 4.69) is 49.5 Å². The molecule has 0 unspecified atom stereocenters. The van der Waals surface area contributed by atoms with E-state index in [1.165, 1.54) is 18.4 Å². The molecule has 0 saturated heterocycles. The average molecular weight is 364 g/mol. The van der Waals surface area contributed by atoms with Gasteiger partial charge in [-0.3, -0.25) is 0 Å². The lowest BCUT2D eigenvalue weighted by Gasteiger charge is -2.16. The zero-order chi connectivity index (χ0) is 17.2. The number of ether oxygens (including phenoxy) is 2. The van der Waals surface area contributed by atoms with Gasteiger partial charge < -0.3 is 14.8 Å². The molecule has 2 rings (SSSR count). The zero-order valence-electron chi connectivity index (χ0n) is 15.5. The van der Waals surface area contributed by atoms with Crippen LogP contribution in [0.25, 0.3) is 0 Å². The molecule has 0 spiro atoms. The second-order valence-corrected chi connectivity index (χ2v) is 5.98. The molecular formula is C21H30ClNO2. The summed E-state index contributed by atoms with van der Waals surface area (Å²) in [6, 6.07) is 14.5. The summed E-state index contributed by atoms with van der Waals surface area (Å²) in [7, 11) is 0. The van der Waals surface area contributed by atoms with Crippen LogP contribution in [0.2, 0.25) is 0 Å². The van der Waals surface area contributed by atoms with Gasteiger partial charge in [0.15, 0.2) is 11.5 Å². The Balaban J connectivity index is 0.00000312. The van der Waals surface area contributed by atoms with E-state index in [1.54, 1.807) is 0 Å². The van der Waals surface area contributed by atoms with Crippen molar-refractivity contribution in [1.29, 1.82) is 0 Å². The van der Waals surface area contributed by atoms with Crippen LogP contribution in [-0.4, -0.2) is 13.2 Å². The lowest BCUT2D eigenvalue weighted by Crippen LogP contribution is -2.15. The maximum absolute atomic E-state index is 6.14. The van der Waals surface area contributed by atoms with Crippen molar-refractivity contribution in [2.24, 2.45) is 0 Å². The summed E-state index contributed by atoms with van der Waals surface area (Å²) < 4.78 is 11.9. The van der Waals surface area contributed by atoms with Gasteiger partial charge in [-0.1, -0.05) is 55.3 Å². The van der Waals surface area contributed by atoms with Crippen LogP contribution in [0.1, 0.15) is 43.4 Å². The second-order valence-electron chi connectivity index (χ2n) is 5.98. The topological polar surface area (TPSA) is 30.5 Å². The minimum Gasteiger partial charge on any atom is -0.490 e. The van der Waals surface area contributed by atoms with Crippen LogP contribution in [0.15, 0.2) is 42.5 Å². The zero-order valence-corrected chi connectivity index (χ0v) is 16.3. The highest BCUT2D eigenvalue weighted by molar-refractivity contribution is 5.85. The van der Waals surface area contributed by atoms with Gasteiger partial charge in [0.25, 0.3) is 0 Å². The molecule has 0 fully saturated rings. The van der Waals surface area contributed by atoms with Gasteiger partial charge in [-0.05, 0) is 38.4 Å². The predicted molar refractivity (Wildman–Crippen MR) is 107 cm³/mol. The van der Waals surface area contributed by atoms with Crippen LogP contribution >= 0.6 is 12.4 Å². The lowest BCUT2D eigenvalue weighted by atomic mass is 10.1. The molecule has 0 aliphatic heterocycles. The molecule has 0 radical (unpaired) electrons. The number of rotatable bonds is 10. The first kappa shape index (κ1) is 21.3. The number of benzene rings is 2. The summed E-state index contributed by atoms with van der Waals surface area (Å²) >= 11 is 0. The van der Waals surface area contributed by atoms with Gasteiger partial charge >= 0.3 is 0 Å². The predicted octanol–water partition coefficient (Wildman–Crippen LogP) is 5.28. The largest absolute Gasteiger partial charge is 0.490 e. The van der Waals surface area contributed by atoms with Crippen molar-refractivity contribution < 1.29 is 9.47 Å². The summed E-state index contributed by atoms with van der Waals surface area (Å²) in [6.07, 6.45) is 2.38. The first-order valence-electron chi connectivity index (χ1n) is 8.88. The minimum absolute atomic E-state index is 0. The van der Waals surface area contributed by atoms with E-state index in [-0.39, 0.29) is 12.4 Å². The quantitative estimate of drug-likeness (QED) is 0.582. The van der Waals surface area contributed by atoms with Gasteiger partial charge in [-0.15, -0.1) is 12.4 Å². The summed E-state index contributed by atoms with van der Waals surface area (Å²) in [5.74, 6) is 1.67. The van der Waals surface area contributed by atoms with Gasteiger partial charge in [0.05, 0.1) is 6.61 Å². The molecule has 25 heavy (non-hydrogen) atoms. The van der Waals surface area contributed by atoms with E-state index in [0.29, 0.717) is 13.2 Å². The maximum atomic E-state index is 6.14. The van der Waals surface area contributed by atoms with Crippen LogP contribution in [0.4, 0.5) is 0 Å². The molecule has 0 bridgehead atoms. The molecule has 0 amide bonds. The number of unbranched alkanes of at least 4 members (excludes halogenated alkanes) is 1. The van der Waals surface area contributed by atoms with Crippen LogP contribution in [0.5, 0.6) is 11.5 Å². The van der Waals surface area contributed by atoms with Crippen molar-refractivity contribution in [3.63, 3.8) is 0 Å². The van der Waals surface area contributed by atoms with E-state index >= 15 is 0 Å². The number of halogens is 1. The first-order chi connectivity index (χ1) is 11.7. The van der Waals surface area contributed by atoms with Crippen molar-refractivity contribution in [3.8, 4) is 11.5 Å². The number of hydrogen-bond donors (Lipinski definition) is 1. The summed E-state index contributed by atoms with van der Waals surface area (Å²) in [4.78, 5) is 0. The fraction of sp³-hybridized carbons (Fsp3) is 0.429. The van der Waals surface area contributed by atoms with Gasteiger partial charge in [-0.2, -0.15) is 0 Å². The molecule has 2 aromatic rings. The van der Waals surface area contributed by atoms with Crippen molar-refractivity contribution in [2.45, 2.75) is 46.8 Å². The molecule has 138 valence electrons. The Morgan fingerprint density at radius 1 is 0.960 bits per heavy atom. The van der Waals surface area contributed by atoms with Crippen molar-refractivity contribution >= 4 is 12.4 Å². The molecule has 0 heterocycles. The molecular weight excluding hydrogens is 334 g/mol. The Hall–Kier alpha value is -1.71. The Morgan fingerprint density at radius 2 is 1.72 bits per heavy atom. The minimum atomic E-state index is 0. The van der Waals surface area contributed by atoms with Gasteiger partial charge in [0.2, 0.25) is 0 Å². The molecule has 3 nitrogen and oxygen atoms in total. The monoisotopic (exact) mass is 363 g/mol. The molecule has 0 aliphatic rings. The molecule has 1 N–H and O–H groups in total. The smallest absolute Gasteiger partial charge is 0.166 e.